The summed E-state index contributed by atoms with van der Waals surface area (Å²) in [4.78, 5) is 24.5. The molecule has 1 N–H and O–H groups in total. The van der Waals surface area contributed by atoms with Gasteiger partial charge in [0, 0.05) is 0 Å². The van der Waals surface area contributed by atoms with Crippen LogP contribution in [0.5, 0.6) is 0 Å². The van der Waals surface area contributed by atoms with Crippen LogP contribution < -0.4 is 5.32 Å². The topological polar surface area (TPSA) is 79.2 Å². The first-order chi connectivity index (χ1) is 13.2. The molecule has 0 saturated heterocycles. The third kappa shape index (κ3) is 5.43. The number of ether oxygens (including phenoxy) is 1. The van der Waals surface area contributed by atoms with Crippen LogP contribution in [0.15, 0.2) is 54.6 Å². The van der Waals surface area contributed by atoms with Crippen LogP contribution >= 0.6 is 0 Å². The molecule has 0 aliphatic carbocycles. The zero-order valence-corrected chi connectivity index (χ0v) is 16.7. The second kappa shape index (κ2) is 9.18. The van der Waals surface area contributed by atoms with Crippen molar-refractivity contribution in [2.45, 2.75) is 45.8 Å². The van der Waals surface area contributed by atoms with E-state index in [0.29, 0.717) is 0 Å². The average Bonchev–Trinajstić information content (AvgIpc) is 2.68. The Bertz CT molecular complexity index is 854. The van der Waals surface area contributed by atoms with Crippen molar-refractivity contribution in [1.82, 2.24) is 5.32 Å². The molecule has 0 heterocycles. The summed E-state index contributed by atoms with van der Waals surface area (Å²) >= 11 is 0. The summed E-state index contributed by atoms with van der Waals surface area (Å²) < 4.78 is 5.24. The Kier molecular flexibility index (Phi) is 6.94. The predicted octanol–water partition coefficient (Wildman–Crippen LogP) is 3.88. The zero-order chi connectivity index (χ0) is 20.7. The van der Waals surface area contributed by atoms with E-state index < -0.39 is 23.5 Å². The van der Waals surface area contributed by atoms with Crippen LogP contribution in [0.2, 0.25) is 0 Å². The molecule has 2 aromatic rings. The zero-order valence-electron chi connectivity index (χ0n) is 16.7. The maximum absolute atomic E-state index is 12.3. The first-order valence-corrected chi connectivity index (χ1v) is 9.32. The van der Waals surface area contributed by atoms with Gasteiger partial charge in [0.15, 0.2) is 6.10 Å². The van der Waals surface area contributed by atoms with Crippen LogP contribution in [-0.2, 0) is 20.7 Å². The third-order valence-corrected chi connectivity index (χ3v) is 4.86. The maximum Gasteiger partial charge on any atom is 0.311 e. The summed E-state index contributed by atoms with van der Waals surface area (Å²) in [5.74, 6) is -1.05. The van der Waals surface area contributed by atoms with E-state index in [-0.39, 0.29) is 12.3 Å². The predicted molar refractivity (Wildman–Crippen MR) is 108 cm³/mol. The Hall–Kier alpha value is -3.13. The van der Waals surface area contributed by atoms with Gasteiger partial charge in [0.1, 0.15) is 5.54 Å². The fourth-order valence-electron chi connectivity index (χ4n) is 2.56. The molecule has 28 heavy (non-hydrogen) atoms. The van der Waals surface area contributed by atoms with Crippen molar-refractivity contribution in [2.75, 3.05) is 0 Å². The fraction of sp³-hybridized carbons (Fsp3) is 0.348. The number of hydrogen-bond acceptors (Lipinski definition) is 4. The maximum atomic E-state index is 12.3. The van der Waals surface area contributed by atoms with Crippen molar-refractivity contribution in [2.24, 2.45) is 5.92 Å². The fourth-order valence-corrected chi connectivity index (χ4v) is 2.56. The van der Waals surface area contributed by atoms with E-state index >= 15 is 0 Å². The molecule has 2 rings (SSSR count). The minimum atomic E-state index is -1.01. The Balaban J connectivity index is 1.93. The van der Waals surface area contributed by atoms with Crippen LogP contribution in [0.1, 0.15) is 33.3 Å². The van der Waals surface area contributed by atoms with Crippen LogP contribution in [0.4, 0.5) is 0 Å². The second-order valence-electron chi connectivity index (χ2n) is 7.33. The van der Waals surface area contributed by atoms with Gasteiger partial charge in [-0.15, -0.1) is 0 Å². The summed E-state index contributed by atoms with van der Waals surface area (Å²) in [6.07, 6.45) is -0.894. The number of nitrogens with zero attached hydrogens (tertiary/aromatic N) is 1. The van der Waals surface area contributed by atoms with E-state index in [1.54, 1.807) is 6.92 Å². The molecule has 0 unspecified atom stereocenters. The van der Waals surface area contributed by atoms with Gasteiger partial charge in [-0.05, 0) is 36.5 Å². The summed E-state index contributed by atoms with van der Waals surface area (Å²) in [7, 11) is 0. The number of amides is 1. The van der Waals surface area contributed by atoms with E-state index in [1.165, 1.54) is 6.92 Å². The summed E-state index contributed by atoms with van der Waals surface area (Å²) in [5, 5.41) is 12.0. The van der Waals surface area contributed by atoms with Crippen LogP contribution in [0.3, 0.4) is 0 Å². The standard InChI is InChI=1S/C23H26N2O3/c1-16(2)23(4,15-24)25-22(27)17(3)28-21(26)14-18-10-12-20(13-11-18)19-8-6-5-7-9-19/h5-13,16-17H,14H2,1-4H3,(H,25,27)/t17-,23-/m0/s1. The van der Waals surface area contributed by atoms with E-state index in [9.17, 15) is 14.9 Å². The third-order valence-electron chi connectivity index (χ3n) is 4.86. The van der Waals surface area contributed by atoms with Gasteiger partial charge in [-0.3, -0.25) is 9.59 Å². The molecule has 2 aromatic carbocycles. The van der Waals surface area contributed by atoms with E-state index in [2.05, 4.69) is 11.4 Å². The van der Waals surface area contributed by atoms with E-state index in [0.717, 1.165) is 16.7 Å². The van der Waals surface area contributed by atoms with Gasteiger partial charge in [-0.2, -0.15) is 5.26 Å². The molecule has 0 aliphatic rings. The Morgan fingerprint density at radius 1 is 1.04 bits per heavy atom. The lowest BCUT2D eigenvalue weighted by Gasteiger charge is -2.28. The molecule has 0 bridgehead atoms. The number of carbonyl (C=O) groups excluding carboxylic acids is 2. The van der Waals surface area contributed by atoms with Gasteiger partial charge in [-0.25, -0.2) is 0 Å². The highest BCUT2D eigenvalue weighted by Crippen LogP contribution is 2.20. The Labute approximate surface area is 166 Å². The van der Waals surface area contributed by atoms with Gasteiger partial charge in [0.05, 0.1) is 12.5 Å². The lowest BCUT2D eigenvalue weighted by Crippen LogP contribution is -2.52. The van der Waals surface area contributed by atoms with Gasteiger partial charge in [0.2, 0.25) is 0 Å². The lowest BCUT2D eigenvalue weighted by molar-refractivity contribution is -0.154. The lowest BCUT2D eigenvalue weighted by atomic mass is 9.90. The molecule has 0 radical (unpaired) electrons. The van der Waals surface area contributed by atoms with Crippen molar-refractivity contribution in [3.63, 3.8) is 0 Å². The molecule has 0 aliphatic heterocycles. The highest BCUT2D eigenvalue weighted by molar-refractivity contribution is 5.84. The molecular formula is C23H26N2O3. The number of carbonyl (C=O) groups is 2. The SMILES string of the molecule is CC(C)[C@](C)(C#N)NC(=O)[C@H](C)OC(=O)Cc1ccc(-c2ccccc2)cc1. The first-order valence-electron chi connectivity index (χ1n) is 9.32. The number of hydrogen-bond donors (Lipinski definition) is 1. The van der Waals surface area contributed by atoms with Gasteiger partial charge < -0.3 is 10.1 Å². The molecule has 1 amide bonds. The number of benzene rings is 2. The van der Waals surface area contributed by atoms with Crippen molar-refractivity contribution >= 4 is 11.9 Å². The van der Waals surface area contributed by atoms with Gasteiger partial charge in [-0.1, -0.05) is 68.4 Å². The molecule has 0 spiro atoms. The van der Waals surface area contributed by atoms with E-state index in [1.807, 2.05) is 68.4 Å². The summed E-state index contributed by atoms with van der Waals surface area (Å²) in [6.45, 7) is 6.85. The highest BCUT2D eigenvalue weighted by atomic mass is 16.5. The van der Waals surface area contributed by atoms with Crippen LogP contribution in [-0.4, -0.2) is 23.5 Å². The Morgan fingerprint density at radius 3 is 2.14 bits per heavy atom. The number of esters is 1. The second-order valence-corrected chi connectivity index (χ2v) is 7.33. The average molecular weight is 378 g/mol. The number of nitriles is 1. The summed E-state index contributed by atoms with van der Waals surface area (Å²) in [5.41, 5.74) is 1.97. The smallest absolute Gasteiger partial charge is 0.311 e. The molecule has 0 saturated carbocycles. The molecule has 5 heteroatoms. The molecule has 0 aromatic heterocycles. The van der Waals surface area contributed by atoms with Crippen LogP contribution in [0.25, 0.3) is 11.1 Å². The van der Waals surface area contributed by atoms with Crippen molar-refractivity contribution in [1.29, 1.82) is 5.26 Å². The van der Waals surface area contributed by atoms with Gasteiger partial charge >= 0.3 is 5.97 Å². The molecule has 2 atom stereocenters. The molecular weight excluding hydrogens is 352 g/mol. The number of nitrogens with one attached hydrogen (secondary N) is 1. The molecule has 146 valence electrons. The molecule has 5 nitrogen and oxygen atoms in total. The number of rotatable bonds is 7. The first kappa shape index (κ1) is 21.2. The minimum Gasteiger partial charge on any atom is -0.452 e. The van der Waals surface area contributed by atoms with E-state index in [4.69, 9.17) is 4.74 Å². The largest absolute Gasteiger partial charge is 0.452 e. The summed E-state index contributed by atoms with van der Waals surface area (Å²) in [6, 6.07) is 19.7. The monoisotopic (exact) mass is 378 g/mol. The quantitative estimate of drug-likeness (QED) is 0.742. The molecule has 0 fully saturated rings. The van der Waals surface area contributed by atoms with Gasteiger partial charge in [0.25, 0.3) is 5.91 Å². The minimum absolute atomic E-state index is 0.0758. The normalized spacial score (nSPS) is 13.9. The van der Waals surface area contributed by atoms with Crippen molar-refractivity contribution < 1.29 is 14.3 Å². The highest BCUT2D eigenvalue weighted by Gasteiger charge is 2.32. The van der Waals surface area contributed by atoms with Crippen molar-refractivity contribution in [3.8, 4) is 17.2 Å². The van der Waals surface area contributed by atoms with Crippen molar-refractivity contribution in [3.05, 3.63) is 60.2 Å². The van der Waals surface area contributed by atoms with Crippen LogP contribution in [0, 0.1) is 17.2 Å². The Morgan fingerprint density at radius 2 is 1.61 bits per heavy atom.